The zero-order valence-electron chi connectivity index (χ0n) is 17.8. The van der Waals surface area contributed by atoms with Crippen LogP contribution in [0.5, 0.6) is 17.2 Å². The smallest absolute Gasteiger partial charge is 0.457 e. The Labute approximate surface area is 189 Å². The lowest BCUT2D eigenvalue weighted by Gasteiger charge is -2.20. The summed E-state index contributed by atoms with van der Waals surface area (Å²) < 4.78 is 82.6. The van der Waals surface area contributed by atoms with E-state index in [2.05, 4.69) is 4.74 Å². The molecule has 0 saturated carbocycles. The standard InChI is InChI=1S/C21H24F3NO7S/c1-20(2)29-12-18(31-20)11-14(25-26)13-33(27,28)19-9-7-16(8-10-19)30-15-3-5-17(6-4-15)32-21(22,23)24/h3-10,14,18,25-26H,11-13H2,1-2H3/t14?,18-/m0/s1. The lowest BCUT2D eigenvalue weighted by atomic mass is 10.1. The Morgan fingerprint density at radius 1 is 1.09 bits per heavy atom. The van der Waals surface area contributed by atoms with Crippen LogP contribution in [0.15, 0.2) is 53.4 Å². The van der Waals surface area contributed by atoms with Gasteiger partial charge in [0, 0.05) is 6.04 Å². The third kappa shape index (κ3) is 7.57. The number of nitrogens with one attached hydrogen (secondary N) is 1. The zero-order chi connectivity index (χ0) is 24.3. The van der Waals surface area contributed by atoms with Crippen LogP contribution in [0.3, 0.4) is 0 Å². The van der Waals surface area contributed by atoms with Gasteiger partial charge in [-0.1, -0.05) is 0 Å². The van der Waals surface area contributed by atoms with Crippen LogP contribution in [0.4, 0.5) is 13.2 Å². The van der Waals surface area contributed by atoms with E-state index in [0.717, 1.165) is 12.1 Å². The minimum atomic E-state index is -4.79. The van der Waals surface area contributed by atoms with Crippen LogP contribution in [0, 0.1) is 0 Å². The topological polar surface area (TPSA) is 103 Å². The second-order valence-electron chi connectivity index (χ2n) is 7.89. The van der Waals surface area contributed by atoms with E-state index in [-0.39, 0.29) is 40.4 Å². The van der Waals surface area contributed by atoms with Gasteiger partial charge in [0.1, 0.15) is 17.2 Å². The number of sulfone groups is 1. The Morgan fingerprint density at radius 3 is 2.12 bits per heavy atom. The number of hydrogen-bond donors (Lipinski definition) is 2. The van der Waals surface area contributed by atoms with Crippen molar-refractivity contribution < 1.29 is 45.7 Å². The number of benzene rings is 2. The minimum Gasteiger partial charge on any atom is -0.457 e. The van der Waals surface area contributed by atoms with Crippen LogP contribution in [0.2, 0.25) is 0 Å². The number of rotatable bonds is 9. The molecule has 3 rings (SSSR count). The van der Waals surface area contributed by atoms with Gasteiger partial charge in [-0.15, -0.1) is 13.2 Å². The maximum absolute atomic E-state index is 12.8. The third-order valence-electron chi connectivity index (χ3n) is 4.69. The van der Waals surface area contributed by atoms with Crippen molar-refractivity contribution in [1.29, 1.82) is 0 Å². The lowest BCUT2D eigenvalue weighted by molar-refractivity contribution is -0.274. The summed E-state index contributed by atoms with van der Waals surface area (Å²) in [5.41, 5.74) is 2.02. The first-order valence-corrected chi connectivity index (χ1v) is 11.6. The normalized spacial score (nSPS) is 19.3. The third-order valence-corrected chi connectivity index (χ3v) is 6.53. The molecule has 0 bridgehead atoms. The van der Waals surface area contributed by atoms with E-state index in [4.69, 9.17) is 14.2 Å². The van der Waals surface area contributed by atoms with Crippen LogP contribution in [-0.4, -0.2) is 50.3 Å². The molecule has 1 aliphatic heterocycles. The minimum absolute atomic E-state index is 0.0212. The maximum Gasteiger partial charge on any atom is 0.573 e. The molecule has 1 aliphatic rings. The van der Waals surface area contributed by atoms with Crippen molar-refractivity contribution >= 4 is 9.84 Å². The molecular formula is C21H24F3NO7S. The number of halogens is 3. The maximum atomic E-state index is 12.8. The summed E-state index contributed by atoms with van der Waals surface area (Å²) in [6, 6.07) is 9.55. The van der Waals surface area contributed by atoms with Gasteiger partial charge < -0.3 is 24.2 Å². The molecule has 2 N–H and O–H groups in total. The van der Waals surface area contributed by atoms with Crippen LogP contribution < -0.4 is 15.0 Å². The molecule has 0 aromatic heterocycles. The van der Waals surface area contributed by atoms with Gasteiger partial charge in [-0.3, -0.25) is 0 Å². The van der Waals surface area contributed by atoms with Crippen LogP contribution in [0.1, 0.15) is 20.3 Å². The molecule has 2 aromatic rings. The summed E-state index contributed by atoms with van der Waals surface area (Å²) in [5.74, 6) is -0.989. The highest BCUT2D eigenvalue weighted by Crippen LogP contribution is 2.29. The van der Waals surface area contributed by atoms with E-state index >= 15 is 0 Å². The van der Waals surface area contributed by atoms with Crippen molar-refractivity contribution in [2.75, 3.05) is 12.4 Å². The van der Waals surface area contributed by atoms with Crippen LogP contribution >= 0.6 is 0 Å². The van der Waals surface area contributed by atoms with Crippen LogP contribution in [0.25, 0.3) is 0 Å². The zero-order valence-corrected chi connectivity index (χ0v) is 18.7. The monoisotopic (exact) mass is 491 g/mol. The number of hydrogen-bond acceptors (Lipinski definition) is 8. The van der Waals surface area contributed by atoms with Gasteiger partial charge in [0.2, 0.25) is 0 Å². The van der Waals surface area contributed by atoms with E-state index in [1.54, 1.807) is 13.8 Å². The molecule has 1 unspecified atom stereocenters. The Morgan fingerprint density at radius 2 is 1.64 bits per heavy atom. The summed E-state index contributed by atoms with van der Waals surface area (Å²) in [6.45, 7) is 3.79. The van der Waals surface area contributed by atoms with Crippen molar-refractivity contribution in [2.24, 2.45) is 0 Å². The summed E-state index contributed by atoms with van der Waals surface area (Å²) in [5, 5.41) is 9.41. The van der Waals surface area contributed by atoms with Crippen molar-refractivity contribution in [3.8, 4) is 17.2 Å². The highest BCUT2D eigenvalue weighted by molar-refractivity contribution is 7.91. The predicted octanol–water partition coefficient (Wildman–Crippen LogP) is 4.04. The second-order valence-corrected chi connectivity index (χ2v) is 9.92. The molecule has 0 spiro atoms. The number of hydroxylamine groups is 1. The van der Waals surface area contributed by atoms with Gasteiger partial charge in [0.05, 0.1) is 23.4 Å². The highest BCUT2D eigenvalue weighted by atomic mass is 32.2. The van der Waals surface area contributed by atoms with E-state index < -0.39 is 28.0 Å². The fourth-order valence-electron chi connectivity index (χ4n) is 3.28. The van der Waals surface area contributed by atoms with Crippen molar-refractivity contribution in [2.45, 2.75) is 49.5 Å². The molecular weight excluding hydrogens is 467 g/mol. The average molecular weight is 491 g/mol. The molecule has 0 amide bonds. The average Bonchev–Trinajstić information content (AvgIpc) is 3.06. The molecule has 2 atom stereocenters. The van der Waals surface area contributed by atoms with E-state index in [9.17, 15) is 26.8 Å². The molecule has 1 fully saturated rings. The Bertz CT molecular complexity index is 1030. The first kappa shape index (κ1) is 25.2. The number of alkyl halides is 3. The van der Waals surface area contributed by atoms with Gasteiger partial charge in [-0.25, -0.2) is 13.9 Å². The largest absolute Gasteiger partial charge is 0.573 e. The van der Waals surface area contributed by atoms with Crippen LogP contribution in [-0.2, 0) is 19.3 Å². The van der Waals surface area contributed by atoms with Gasteiger partial charge in [-0.05, 0) is 68.8 Å². The van der Waals surface area contributed by atoms with Gasteiger partial charge in [-0.2, -0.15) is 0 Å². The van der Waals surface area contributed by atoms with Gasteiger partial charge in [0.15, 0.2) is 15.6 Å². The molecule has 2 aromatic carbocycles. The van der Waals surface area contributed by atoms with Crippen molar-refractivity contribution in [3.63, 3.8) is 0 Å². The molecule has 8 nitrogen and oxygen atoms in total. The summed E-state index contributed by atoms with van der Waals surface area (Å²) in [7, 11) is -3.75. The first-order valence-electron chi connectivity index (χ1n) is 9.93. The Kier molecular flexibility index (Phi) is 7.54. The molecule has 0 radical (unpaired) electrons. The quantitative estimate of drug-likeness (QED) is 0.507. The number of ether oxygens (including phenoxy) is 4. The van der Waals surface area contributed by atoms with Crippen molar-refractivity contribution in [3.05, 3.63) is 48.5 Å². The highest BCUT2D eigenvalue weighted by Gasteiger charge is 2.35. The van der Waals surface area contributed by atoms with Crippen molar-refractivity contribution in [1.82, 2.24) is 5.48 Å². The van der Waals surface area contributed by atoms with Gasteiger partial charge >= 0.3 is 6.36 Å². The van der Waals surface area contributed by atoms with E-state index in [0.29, 0.717) is 6.61 Å². The summed E-state index contributed by atoms with van der Waals surface area (Å²) in [6.07, 6.45) is -4.92. The predicted molar refractivity (Wildman–Crippen MR) is 110 cm³/mol. The Hall–Kier alpha value is -2.38. The molecule has 1 saturated heterocycles. The van der Waals surface area contributed by atoms with E-state index in [1.165, 1.54) is 36.4 Å². The molecule has 0 aliphatic carbocycles. The lowest BCUT2D eigenvalue weighted by Crippen LogP contribution is -2.37. The summed E-state index contributed by atoms with van der Waals surface area (Å²) in [4.78, 5) is 0.0212. The molecule has 12 heteroatoms. The fourth-order valence-corrected chi connectivity index (χ4v) is 4.76. The molecule has 182 valence electrons. The molecule has 33 heavy (non-hydrogen) atoms. The Balaban J connectivity index is 1.60. The van der Waals surface area contributed by atoms with E-state index in [1.807, 2.05) is 5.48 Å². The SMILES string of the molecule is CC1(C)OC[C@H](CC(CS(=O)(=O)c2ccc(Oc3ccc(OC(F)(F)F)cc3)cc2)NO)O1. The first-order chi connectivity index (χ1) is 15.4. The van der Waals surface area contributed by atoms with Gasteiger partial charge in [0.25, 0.3) is 0 Å². The summed E-state index contributed by atoms with van der Waals surface area (Å²) >= 11 is 0. The molecule has 1 heterocycles. The fraction of sp³-hybridized carbons (Fsp3) is 0.429. The second kappa shape index (κ2) is 9.85.